The zero-order chi connectivity index (χ0) is 10.8. The summed E-state index contributed by atoms with van der Waals surface area (Å²) in [4.78, 5) is 0. The third-order valence-electron chi connectivity index (χ3n) is 2.18. The highest BCUT2D eigenvalue weighted by atomic mass is 32.2. The van der Waals surface area contributed by atoms with E-state index in [2.05, 4.69) is 4.72 Å². The zero-order valence-corrected chi connectivity index (χ0v) is 9.70. The molecule has 0 amide bonds. The Morgan fingerprint density at radius 1 is 1.43 bits per heavy atom. The van der Waals surface area contributed by atoms with Gasteiger partial charge in [-0.15, -0.1) is 0 Å². The van der Waals surface area contributed by atoms with Gasteiger partial charge in [0.25, 0.3) is 0 Å². The molecule has 0 unspecified atom stereocenters. The van der Waals surface area contributed by atoms with E-state index in [1.807, 2.05) is 6.92 Å². The van der Waals surface area contributed by atoms with Crippen molar-refractivity contribution in [2.24, 2.45) is 0 Å². The van der Waals surface area contributed by atoms with E-state index in [-0.39, 0.29) is 17.9 Å². The van der Waals surface area contributed by atoms with Gasteiger partial charge in [0, 0.05) is 6.54 Å². The van der Waals surface area contributed by atoms with Crippen molar-refractivity contribution in [1.82, 2.24) is 4.72 Å². The zero-order valence-electron chi connectivity index (χ0n) is 8.06. The van der Waals surface area contributed by atoms with Crippen LogP contribution in [0.1, 0.15) is 19.8 Å². The minimum atomic E-state index is -3.42. The summed E-state index contributed by atoms with van der Waals surface area (Å²) in [5, 5.41) is -0.751. The van der Waals surface area contributed by atoms with Crippen LogP contribution in [0.2, 0.25) is 0 Å². The van der Waals surface area contributed by atoms with Crippen molar-refractivity contribution in [2.75, 3.05) is 18.1 Å². The Bertz CT molecular complexity index is 384. The van der Waals surface area contributed by atoms with E-state index >= 15 is 0 Å². The lowest BCUT2D eigenvalue weighted by atomic mass is 10.4. The minimum absolute atomic E-state index is 0.00922. The minimum Gasteiger partial charge on any atom is -0.229 e. The van der Waals surface area contributed by atoms with Crippen molar-refractivity contribution in [3.63, 3.8) is 0 Å². The van der Waals surface area contributed by atoms with Crippen LogP contribution < -0.4 is 4.72 Å². The van der Waals surface area contributed by atoms with Crippen LogP contribution in [-0.2, 0) is 19.9 Å². The fourth-order valence-electron chi connectivity index (χ4n) is 1.37. The lowest BCUT2D eigenvalue weighted by Gasteiger charge is -2.09. The molecule has 0 aromatic heterocycles. The molecule has 0 radical (unpaired) electrons. The molecule has 0 aliphatic carbocycles. The van der Waals surface area contributed by atoms with Crippen LogP contribution in [0, 0.1) is 0 Å². The van der Waals surface area contributed by atoms with Crippen molar-refractivity contribution in [3.05, 3.63) is 0 Å². The van der Waals surface area contributed by atoms with Crippen molar-refractivity contribution in [3.8, 4) is 0 Å². The summed E-state index contributed by atoms with van der Waals surface area (Å²) in [5.41, 5.74) is 0. The number of nitrogens with one attached hydrogen (secondary N) is 1. The van der Waals surface area contributed by atoms with Gasteiger partial charge in [-0.25, -0.2) is 21.6 Å². The molecular weight excluding hydrogens is 226 g/mol. The fraction of sp³-hybridized carbons (Fsp3) is 1.00. The highest BCUT2D eigenvalue weighted by Gasteiger charge is 2.36. The molecule has 14 heavy (non-hydrogen) atoms. The lowest BCUT2D eigenvalue weighted by Crippen LogP contribution is -2.35. The summed E-state index contributed by atoms with van der Waals surface area (Å²) in [7, 11) is -6.55. The number of hydrogen-bond donors (Lipinski definition) is 1. The molecule has 0 aromatic rings. The molecule has 1 aliphatic rings. The van der Waals surface area contributed by atoms with Crippen molar-refractivity contribution >= 4 is 19.9 Å². The molecule has 0 saturated carbocycles. The van der Waals surface area contributed by atoms with Gasteiger partial charge in [0.05, 0.1) is 16.8 Å². The van der Waals surface area contributed by atoms with E-state index in [1.54, 1.807) is 0 Å². The average Bonchev–Trinajstić information content (AvgIpc) is 2.43. The van der Waals surface area contributed by atoms with E-state index in [1.165, 1.54) is 0 Å². The Kier molecular flexibility index (Phi) is 3.54. The maximum Gasteiger partial charge on any atom is 0.215 e. The summed E-state index contributed by atoms with van der Waals surface area (Å²) >= 11 is 0. The Morgan fingerprint density at radius 2 is 2.07 bits per heavy atom. The second-order valence-electron chi connectivity index (χ2n) is 3.46. The lowest BCUT2D eigenvalue weighted by molar-refractivity contribution is 0.567. The summed E-state index contributed by atoms with van der Waals surface area (Å²) in [5.74, 6) is -0.239. The molecule has 1 rings (SSSR count). The topological polar surface area (TPSA) is 80.3 Å². The van der Waals surface area contributed by atoms with Crippen LogP contribution in [0.15, 0.2) is 0 Å². The monoisotopic (exact) mass is 241 g/mol. The molecule has 1 fully saturated rings. The summed E-state index contributed by atoms with van der Waals surface area (Å²) in [6.45, 7) is 2.23. The van der Waals surface area contributed by atoms with Crippen LogP contribution in [0.25, 0.3) is 0 Å². The molecule has 5 nitrogen and oxygen atoms in total. The standard InChI is InChI=1S/C7H15NO4S2/c1-2-4-8-14(11,12)7-3-5-13(9,10)6-7/h7-8H,2-6H2,1H3/t7-/m1/s1. The SMILES string of the molecule is CCCNS(=O)(=O)[C@@H]1CCS(=O)(=O)C1. The van der Waals surface area contributed by atoms with E-state index in [9.17, 15) is 16.8 Å². The molecule has 0 aromatic carbocycles. The average molecular weight is 241 g/mol. The first-order chi connectivity index (χ1) is 6.37. The van der Waals surface area contributed by atoms with E-state index in [4.69, 9.17) is 0 Å². The van der Waals surface area contributed by atoms with Gasteiger partial charge in [-0.1, -0.05) is 6.92 Å². The Balaban J connectivity index is 2.67. The number of hydrogen-bond acceptors (Lipinski definition) is 4. The highest BCUT2D eigenvalue weighted by Crippen LogP contribution is 2.17. The first-order valence-corrected chi connectivity index (χ1v) is 7.93. The maximum absolute atomic E-state index is 11.5. The van der Waals surface area contributed by atoms with Gasteiger partial charge in [-0.3, -0.25) is 0 Å². The van der Waals surface area contributed by atoms with E-state index in [0.29, 0.717) is 13.0 Å². The van der Waals surface area contributed by atoms with Crippen LogP contribution in [0.3, 0.4) is 0 Å². The molecule has 1 aliphatic heterocycles. The highest BCUT2D eigenvalue weighted by molar-refractivity contribution is 7.95. The van der Waals surface area contributed by atoms with Gasteiger partial charge >= 0.3 is 0 Å². The summed E-state index contributed by atoms with van der Waals surface area (Å²) in [6, 6.07) is 0. The van der Waals surface area contributed by atoms with Crippen molar-refractivity contribution in [1.29, 1.82) is 0 Å². The smallest absolute Gasteiger partial charge is 0.215 e. The fourth-order valence-corrected chi connectivity index (χ4v) is 5.55. The van der Waals surface area contributed by atoms with Crippen molar-refractivity contribution < 1.29 is 16.8 Å². The Morgan fingerprint density at radius 3 is 2.50 bits per heavy atom. The van der Waals surface area contributed by atoms with Gasteiger partial charge in [0.1, 0.15) is 0 Å². The second-order valence-corrected chi connectivity index (χ2v) is 7.74. The van der Waals surface area contributed by atoms with E-state index < -0.39 is 25.1 Å². The van der Waals surface area contributed by atoms with Crippen molar-refractivity contribution in [2.45, 2.75) is 25.0 Å². The predicted molar refractivity (Wildman–Crippen MR) is 54.3 cm³/mol. The molecular formula is C7H15NO4S2. The molecule has 84 valence electrons. The maximum atomic E-state index is 11.5. The number of sulfone groups is 1. The summed E-state index contributed by atoms with van der Waals surface area (Å²) < 4.78 is 47.5. The van der Waals surface area contributed by atoms with Gasteiger partial charge in [0.15, 0.2) is 9.84 Å². The van der Waals surface area contributed by atoms with Gasteiger partial charge < -0.3 is 0 Å². The van der Waals surface area contributed by atoms with Gasteiger partial charge in [-0.2, -0.15) is 0 Å². The molecule has 0 spiro atoms. The third-order valence-corrected chi connectivity index (χ3v) is 6.05. The first-order valence-electron chi connectivity index (χ1n) is 4.56. The normalized spacial score (nSPS) is 26.5. The summed E-state index contributed by atoms with van der Waals surface area (Å²) in [6.07, 6.45) is 0.931. The second kappa shape index (κ2) is 4.16. The van der Waals surface area contributed by atoms with Crippen LogP contribution >= 0.6 is 0 Å². The molecule has 7 heteroatoms. The van der Waals surface area contributed by atoms with Gasteiger partial charge in [0.2, 0.25) is 10.0 Å². The number of sulfonamides is 1. The predicted octanol–water partition coefficient (Wildman–Crippen LogP) is -0.497. The molecule has 1 atom stereocenters. The quantitative estimate of drug-likeness (QED) is 0.719. The Hall–Kier alpha value is -0.140. The van der Waals surface area contributed by atoms with Crippen LogP contribution in [0.4, 0.5) is 0 Å². The van der Waals surface area contributed by atoms with E-state index in [0.717, 1.165) is 0 Å². The molecule has 1 heterocycles. The number of rotatable bonds is 4. The first kappa shape index (κ1) is 11.9. The third kappa shape index (κ3) is 2.93. The molecule has 1 saturated heterocycles. The van der Waals surface area contributed by atoms with Gasteiger partial charge in [-0.05, 0) is 12.8 Å². The van der Waals surface area contributed by atoms with Crippen LogP contribution in [-0.4, -0.2) is 40.1 Å². The Labute approximate surface area is 84.9 Å². The molecule has 0 bridgehead atoms. The molecule has 1 N–H and O–H groups in total. The largest absolute Gasteiger partial charge is 0.229 e. The van der Waals surface area contributed by atoms with Crippen LogP contribution in [0.5, 0.6) is 0 Å².